The number of benzene rings is 1. The summed E-state index contributed by atoms with van der Waals surface area (Å²) in [4.78, 5) is 36.1. The maximum atomic E-state index is 12.7. The number of aliphatic carboxylic acids is 1. The second-order valence-electron chi connectivity index (χ2n) is 6.51. The number of anilines is 1. The molecule has 0 atom stereocenters. The zero-order chi connectivity index (χ0) is 18.6. The van der Waals surface area contributed by atoms with E-state index in [0.717, 1.165) is 0 Å². The molecule has 2 heterocycles. The molecule has 8 nitrogen and oxygen atoms in total. The summed E-state index contributed by atoms with van der Waals surface area (Å²) >= 11 is 0. The summed E-state index contributed by atoms with van der Waals surface area (Å²) in [7, 11) is 0. The number of nitrogens with one attached hydrogen (secondary N) is 1. The van der Waals surface area contributed by atoms with Crippen molar-refractivity contribution >= 4 is 29.2 Å². The summed E-state index contributed by atoms with van der Waals surface area (Å²) in [6.45, 7) is 0.795. The van der Waals surface area contributed by atoms with Gasteiger partial charge >= 0.3 is 5.97 Å². The van der Waals surface area contributed by atoms with Crippen molar-refractivity contribution in [2.75, 3.05) is 18.2 Å². The molecule has 0 bridgehead atoms. The molecule has 1 fully saturated rings. The van der Waals surface area contributed by atoms with Gasteiger partial charge < -0.3 is 15.2 Å². The fourth-order valence-electron chi connectivity index (χ4n) is 3.20. The molecular weight excluding hydrogens is 338 g/mol. The molecule has 1 aromatic carbocycles. The molecule has 3 rings (SSSR count). The number of hydrogen-bond acceptors (Lipinski definition) is 5. The van der Waals surface area contributed by atoms with E-state index in [9.17, 15) is 19.5 Å². The highest BCUT2D eigenvalue weighted by Gasteiger charge is 2.38. The minimum Gasteiger partial charge on any atom is -0.481 e. The molecule has 138 valence electrons. The van der Waals surface area contributed by atoms with Gasteiger partial charge in [-0.1, -0.05) is 18.2 Å². The Morgan fingerprint density at radius 2 is 1.88 bits per heavy atom. The number of para-hydroxylation sites is 1. The summed E-state index contributed by atoms with van der Waals surface area (Å²) in [6, 6.07) is 8.89. The van der Waals surface area contributed by atoms with E-state index in [2.05, 4.69) is 10.4 Å². The zero-order valence-corrected chi connectivity index (χ0v) is 14.3. The summed E-state index contributed by atoms with van der Waals surface area (Å²) in [5, 5.41) is 17.5. The lowest BCUT2D eigenvalue weighted by Crippen LogP contribution is -2.55. The first-order valence-corrected chi connectivity index (χ1v) is 8.57. The van der Waals surface area contributed by atoms with Crippen LogP contribution in [0.2, 0.25) is 0 Å². The van der Waals surface area contributed by atoms with Crippen molar-refractivity contribution in [2.24, 2.45) is 5.10 Å². The number of amides is 2. The topological polar surface area (TPSA) is 108 Å². The van der Waals surface area contributed by atoms with Gasteiger partial charge in [-0.05, 0) is 25.0 Å². The van der Waals surface area contributed by atoms with Crippen LogP contribution in [0.25, 0.3) is 0 Å². The average Bonchev–Trinajstić information content (AvgIpc) is 2.62. The lowest BCUT2D eigenvalue weighted by Gasteiger charge is -2.37. The molecule has 2 aliphatic rings. The Balaban J connectivity index is 1.79. The Morgan fingerprint density at radius 3 is 2.54 bits per heavy atom. The number of carbonyl (C=O) groups is 3. The Bertz CT molecular complexity index is 726. The number of carbonyl (C=O) groups excluding carboxylic acids is 2. The van der Waals surface area contributed by atoms with Crippen LogP contribution < -0.4 is 10.3 Å². The van der Waals surface area contributed by atoms with Crippen LogP contribution in [-0.4, -0.2) is 47.4 Å². The molecule has 0 unspecified atom stereocenters. The van der Waals surface area contributed by atoms with Gasteiger partial charge in [0, 0.05) is 26.1 Å². The van der Waals surface area contributed by atoms with Crippen LogP contribution in [0.1, 0.15) is 32.1 Å². The first-order valence-electron chi connectivity index (χ1n) is 8.57. The molecule has 0 aromatic heterocycles. The Hall–Kier alpha value is -2.74. The summed E-state index contributed by atoms with van der Waals surface area (Å²) in [5.74, 6) is -1.58. The number of nitrogens with zero attached hydrogens (tertiary/aromatic N) is 2. The summed E-state index contributed by atoms with van der Waals surface area (Å²) in [6.07, 6.45) is 1.10. The molecule has 2 aliphatic heterocycles. The lowest BCUT2D eigenvalue weighted by molar-refractivity contribution is -0.140. The molecule has 2 N–H and O–H groups in total. The van der Waals surface area contributed by atoms with Crippen LogP contribution in [-0.2, 0) is 19.1 Å². The highest BCUT2D eigenvalue weighted by atomic mass is 16.5. The minimum absolute atomic E-state index is 0.170. The number of hydrazone groups is 1. The molecule has 26 heavy (non-hydrogen) atoms. The lowest BCUT2D eigenvalue weighted by atomic mass is 9.86. The summed E-state index contributed by atoms with van der Waals surface area (Å²) < 4.78 is 5.29. The van der Waals surface area contributed by atoms with E-state index in [1.807, 2.05) is 6.07 Å². The van der Waals surface area contributed by atoms with Gasteiger partial charge in [0.2, 0.25) is 5.91 Å². The number of ether oxygens (including phenoxy) is 1. The molecule has 8 heteroatoms. The molecule has 0 aliphatic carbocycles. The van der Waals surface area contributed by atoms with Crippen molar-refractivity contribution < 1.29 is 24.2 Å². The molecule has 1 aromatic rings. The highest BCUT2D eigenvalue weighted by Crippen LogP contribution is 2.26. The van der Waals surface area contributed by atoms with E-state index in [1.54, 1.807) is 24.3 Å². The van der Waals surface area contributed by atoms with E-state index in [0.29, 0.717) is 31.7 Å². The van der Waals surface area contributed by atoms with Crippen molar-refractivity contribution in [2.45, 2.75) is 37.6 Å². The maximum absolute atomic E-state index is 12.7. The quantitative estimate of drug-likeness (QED) is 0.824. The van der Waals surface area contributed by atoms with Crippen molar-refractivity contribution in [1.29, 1.82) is 0 Å². The SMILES string of the molecule is O=C(O)CC1(NC(=O)C2=NN(c3ccccc3)C(=O)CC2)CCOCC1. The van der Waals surface area contributed by atoms with Crippen LogP contribution in [0.4, 0.5) is 5.69 Å². The third-order valence-electron chi connectivity index (χ3n) is 4.61. The first-order chi connectivity index (χ1) is 12.5. The van der Waals surface area contributed by atoms with Gasteiger partial charge in [0.15, 0.2) is 0 Å². The standard InChI is InChI=1S/C18H21N3O5/c22-15-7-6-14(20-21(15)13-4-2-1-3-5-13)17(25)19-18(12-16(23)24)8-10-26-11-9-18/h1-5H,6-12H2,(H,19,25)(H,23,24). The van der Waals surface area contributed by atoms with Gasteiger partial charge in [0.05, 0.1) is 17.6 Å². The van der Waals surface area contributed by atoms with Crippen molar-refractivity contribution in [3.05, 3.63) is 30.3 Å². The smallest absolute Gasteiger partial charge is 0.305 e. The predicted octanol–water partition coefficient (Wildman–Crippen LogP) is 1.31. The number of hydrogen-bond donors (Lipinski definition) is 2. The van der Waals surface area contributed by atoms with Gasteiger partial charge in [0.1, 0.15) is 5.71 Å². The van der Waals surface area contributed by atoms with Gasteiger partial charge in [-0.3, -0.25) is 14.4 Å². The van der Waals surface area contributed by atoms with Crippen LogP contribution in [0.15, 0.2) is 35.4 Å². The van der Waals surface area contributed by atoms with E-state index < -0.39 is 17.4 Å². The second-order valence-corrected chi connectivity index (χ2v) is 6.51. The molecule has 1 saturated heterocycles. The number of rotatable bonds is 5. The van der Waals surface area contributed by atoms with Crippen LogP contribution in [0, 0.1) is 0 Å². The largest absolute Gasteiger partial charge is 0.481 e. The second kappa shape index (κ2) is 7.65. The molecule has 0 radical (unpaired) electrons. The van der Waals surface area contributed by atoms with Crippen LogP contribution >= 0.6 is 0 Å². The van der Waals surface area contributed by atoms with Gasteiger partial charge in [-0.2, -0.15) is 5.10 Å². The third-order valence-corrected chi connectivity index (χ3v) is 4.61. The maximum Gasteiger partial charge on any atom is 0.305 e. The van der Waals surface area contributed by atoms with Crippen LogP contribution in [0.5, 0.6) is 0 Å². The van der Waals surface area contributed by atoms with Gasteiger partial charge in [0.25, 0.3) is 5.91 Å². The van der Waals surface area contributed by atoms with E-state index in [4.69, 9.17) is 4.74 Å². The predicted molar refractivity (Wildman–Crippen MR) is 93.8 cm³/mol. The fourth-order valence-corrected chi connectivity index (χ4v) is 3.20. The van der Waals surface area contributed by atoms with Crippen molar-refractivity contribution in [3.8, 4) is 0 Å². The van der Waals surface area contributed by atoms with Crippen molar-refractivity contribution in [3.63, 3.8) is 0 Å². The van der Waals surface area contributed by atoms with Gasteiger partial charge in [-0.25, -0.2) is 5.01 Å². The normalized spacial score (nSPS) is 19.6. The summed E-state index contributed by atoms with van der Waals surface area (Å²) in [5.41, 5.74) is -0.0264. The minimum atomic E-state index is -0.973. The Kier molecular flexibility index (Phi) is 5.32. The third kappa shape index (κ3) is 4.08. The zero-order valence-electron chi connectivity index (χ0n) is 14.3. The Morgan fingerprint density at radius 1 is 1.19 bits per heavy atom. The number of carboxylic acids is 1. The highest BCUT2D eigenvalue weighted by molar-refractivity contribution is 6.40. The Labute approximate surface area is 150 Å². The monoisotopic (exact) mass is 359 g/mol. The first kappa shape index (κ1) is 18.1. The van der Waals surface area contributed by atoms with E-state index in [1.165, 1.54) is 5.01 Å². The number of carboxylic acid groups (broad SMARTS) is 1. The molecular formula is C18H21N3O5. The van der Waals surface area contributed by atoms with Gasteiger partial charge in [-0.15, -0.1) is 0 Å². The van der Waals surface area contributed by atoms with Crippen molar-refractivity contribution in [1.82, 2.24) is 5.32 Å². The van der Waals surface area contributed by atoms with E-state index in [-0.39, 0.29) is 30.9 Å². The molecule has 0 saturated carbocycles. The van der Waals surface area contributed by atoms with E-state index >= 15 is 0 Å². The van der Waals surface area contributed by atoms with Crippen LogP contribution in [0.3, 0.4) is 0 Å². The molecule has 2 amide bonds. The fraction of sp³-hybridized carbons (Fsp3) is 0.444. The molecule has 0 spiro atoms. The average molecular weight is 359 g/mol.